The molecule has 2 fully saturated rings. The first-order valence-corrected chi connectivity index (χ1v) is 11.1. The maximum absolute atomic E-state index is 12.0. The van der Waals surface area contributed by atoms with E-state index in [0.29, 0.717) is 5.96 Å². The van der Waals surface area contributed by atoms with Crippen molar-refractivity contribution in [1.29, 1.82) is 0 Å². The van der Waals surface area contributed by atoms with Gasteiger partial charge in [0, 0.05) is 50.7 Å². The van der Waals surface area contributed by atoms with Gasteiger partial charge in [-0.15, -0.1) is 0 Å². The number of carbonyl (C=O) groups is 1. The first-order chi connectivity index (χ1) is 14.5. The first kappa shape index (κ1) is 22.8. The highest BCUT2D eigenvalue weighted by atomic mass is 35.5. The van der Waals surface area contributed by atoms with Crippen LogP contribution in [-0.2, 0) is 14.9 Å². The Morgan fingerprint density at radius 1 is 1.27 bits per heavy atom. The van der Waals surface area contributed by atoms with E-state index < -0.39 is 0 Å². The van der Waals surface area contributed by atoms with E-state index in [1.54, 1.807) is 19.0 Å². The molecule has 1 aliphatic carbocycles. The van der Waals surface area contributed by atoms with Crippen LogP contribution >= 0.6 is 11.6 Å². The second-order valence-electron chi connectivity index (χ2n) is 8.33. The van der Waals surface area contributed by atoms with Gasteiger partial charge in [0.2, 0.25) is 5.91 Å². The summed E-state index contributed by atoms with van der Waals surface area (Å²) in [5, 5.41) is 7.63. The van der Waals surface area contributed by atoms with Crippen LogP contribution in [0.25, 0.3) is 0 Å². The van der Waals surface area contributed by atoms with Crippen molar-refractivity contribution >= 4 is 23.5 Å². The van der Waals surface area contributed by atoms with Crippen LogP contribution in [0.5, 0.6) is 0 Å². The number of amides is 1. The number of morpholine rings is 1. The van der Waals surface area contributed by atoms with Crippen molar-refractivity contribution in [2.75, 3.05) is 66.6 Å². The van der Waals surface area contributed by atoms with Crippen molar-refractivity contribution in [3.8, 4) is 0 Å². The zero-order chi connectivity index (χ0) is 21.4. The minimum absolute atomic E-state index is 0.0135. The minimum Gasteiger partial charge on any atom is -0.379 e. The van der Waals surface area contributed by atoms with Gasteiger partial charge in [-0.25, -0.2) is 4.99 Å². The van der Waals surface area contributed by atoms with Crippen LogP contribution in [0.1, 0.15) is 24.8 Å². The molecule has 1 saturated heterocycles. The number of halogens is 1. The number of ether oxygens (including phenoxy) is 1. The molecule has 0 radical (unpaired) electrons. The first-order valence-electron chi connectivity index (χ1n) is 10.8. The van der Waals surface area contributed by atoms with Gasteiger partial charge in [0.1, 0.15) is 6.54 Å². The van der Waals surface area contributed by atoms with Crippen molar-refractivity contribution in [1.82, 2.24) is 20.4 Å². The lowest BCUT2D eigenvalue weighted by molar-refractivity contribution is -0.127. The molecule has 1 heterocycles. The number of nitrogens with zero attached hydrogens (tertiary/aromatic N) is 3. The fourth-order valence-corrected chi connectivity index (χ4v) is 3.78. The molecule has 0 unspecified atom stereocenters. The Morgan fingerprint density at radius 3 is 2.70 bits per heavy atom. The third-order valence-electron chi connectivity index (χ3n) is 5.80. The van der Waals surface area contributed by atoms with Crippen LogP contribution in [-0.4, -0.2) is 88.2 Å². The molecule has 0 atom stereocenters. The average molecular weight is 436 g/mol. The van der Waals surface area contributed by atoms with Gasteiger partial charge < -0.3 is 20.3 Å². The number of hydrogen-bond donors (Lipinski definition) is 2. The molecule has 0 aromatic heterocycles. The highest BCUT2D eigenvalue weighted by molar-refractivity contribution is 6.30. The van der Waals surface area contributed by atoms with Crippen molar-refractivity contribution in [3.63, 3.8) is 0 Å². The molecular weight excluding hydrogens is 402 g/mol. The Labute approximate surface area is 184 Å². The molecule has 166 valence electrons. The van der Waals surface area contributed by atoms with E-state index in [1.165, 1.54) is 5.56 Å². The normalized spacial score (nSPS) is 18.7. The number of carbonyl (C=O) groups excluding carboxylic acids is 1. The maximum Gasteiger partial charge on any atom is 0.243 e. The zero-order valence-corrected chi connectivity index (χ0v) is 18.9. The van der Waals surface area contributed by atoms with E-state index in [1.807, 2.05) is 12.1 Å². The maximum atomic E-state index is 12.0. The Morgan fingerprint density at radius 2 is 2.03 bits per heavy atom. The van der Waals surface area contributed by atoms with Crippen molar-refractivity contribution in [2.45, 2.75) is 24.7 Å². The third-order valence-corrected chi connectivity index (χ3v) is 6.04. The number of nitrogens with one attached hydrogen (secondary N) is 2. The van der Waals surface area contributed by atoms with Gasteiger partial charge in [0.05, 0.1) is 13.2 Å². The number of guanidine groups is 1. The van der Waals surface area contributed by atoms with Crippen LogP contribution in [0.4, 0.5) is 0 Å². The number of likely N-dealkylation sites (N-methyl/N-ethyl adjacent to an activating group) is 1. The smallest absolute Gasteiger partial charge is 0.243 e. The van der Waals surface area contributed by atoms with E-state index in [9.17, 15) is 4.79 Å². The van der Waals surface area contributed by atoms with Crippen LogP contribution in [0.2, 0.25) is 5.02 Å². The Kier molecular flexibility index (Phi) is 8.36. The molecule has 0 bridgehead atoms. The molecule has 1 amide bonds. The third kappa shape index (κ3) is 6.86. The van der Waals surface area contributed by atoms with E-state index in [2.05, 4.69) is 32.7 Å². The molecule has 0 spiro atoms. The number of aliphatic imine (C=N–C) groups is 1. The summed E-state index contributed by atoms with van der Waals surface area (Å²) in [6.07, 6.45) is 3.27. The van der Waals surface area contributed by atoms with E-state index >= 15 is 0 Å². The Balaban J connectivity index is 1.52. The summed E-state index contributed by atoms with van der Waals surface area (Å²) in [6.45, 7) is 6.39. The fourth-order valence-electron chi connectivity index (χ4n) is 3.59. The fraction of sp³-hybridized carbons (Fsp3) is 0.636. The molecule has 7 nitrogen and oxygen atoms in total. The molecule has 30 heavy (non-hydrogen) atoms. The number of hydrogen-bond acceptors (Lipinski definition) is 4. The predicted molar refractivity (Wildman–Crippen MR) is 121 cm³/mol. The van der Waals surface area contributed by atoms with Gasteiger partial charge >= 0.3 is 0 Å². The lowest BCUT2D eigenvalue weighted by Gasteiger charge is -2.26. The summed E-state index contributed by atoms with van der Waals surface area (Å²) in [6, 6.07) is 8.11. The Bertz CT molecular complexity index is 730. The van der Waals surface area contributed by atoms with Crippen LogP contribution in [0.15, 0.2) is 29.3 Å². The molecule has 1 saturated carbocycles. The van der Waals surface area contributed by atoms with E-state index in [-0.39, 0.29) is 17.9 Å². The highest BCUT2D eigenvalue weighted by Crippen LogP contribution is 2.48. The van der Waals surface area contributed by atoms with Crippen molar-refractivity contribution < 1.29 is 9.53 Å². The monoisotopic (exact) mass is 435 g/mol. The van der Waals surface area contributed by atoms with E-state index in [0.717, 1.165) is 70.2 Å². The van der Waals surface area contributed by atoms with Crippen LogP contribution in [0.3, 0.4) is 0 Å². The van der Waals surface area contributed by atoms with Crippen molar-refractivity contribution in [2.24, 2.45) is 4.99 Å². The molecule has 8 heteroatoms. The summed E-state index contributed by atoms with van der Waals surface area (Å²) in [7, 11) is 3.50. The standard InChI is InChI=1S/C22H34ClN5O2/c1-27(2)20(29)16-25-21(24-9-4-10-28-11-13-30-14-12-28)26-17-22(7-8-22)18-5-3-6-19(23)15-18/h3,5-6,15H,4,7-14,16-17H2,1-2H3,(H2,24,25,26). The van der Waals surface area contributed by atoms with Gasteiger partial charge in [-0.3, -0.25) is 9.69 Å². The lowest BCUT2D eigenvalue weighted by atomic mass is 9.96. The van der Waals surface area contributed by atoms with Gasteiger partial charge in [-0.2, -0.15) is 0 Å². The number of benzene rings is 1. The Hall–Kier alpha value is -1.83. The van der Waals surface area contributed by atoms with Gasteiger partial charge in [-0.05, 0) is 43.5 Å². The summed E-state index contributed by atoms with van der Waals surface area (Å²) in [5.41, 5.74) is 1.37. The lowest BCUT2D eigenvalue weighted by Crippen LogP contribution is -2.43. The summed E-state index contributed by atoms with van der Waals surface area (Å²) in [4.78, 5) is 20.5. The zero-order valence-electron chi connectivity index (χ0n) is 18.1. The average Bonchev–Trinajstić information content (AvgIpc) is 3.54. The molecule has 1 aromatic carbocycles. The second-order valence-corrected chi connectivity index (χ2v) is 8.77. The summed E-state index contributed by atoms with van der Waals surface area (Å²) >= 11 is 6.19. The second kappa shape index (κ2) is 11.0. The predicted octanol–water partition coefficient (Wildman–Crippen LogP) is 1.72. The van der Waals surface area contributed by atoms with E-state index in [4.69, 9.17) is 16.3 Å². The van der Waals surface area contributed by atoms with Crippen molar-refractivity contribution in [3.05, 3.63) is 34.9 Å². The van der Waals surface area contributed by atoms with Crippen LogP contribution < -0.4 is 10.6 Å². The summed E-state index contributed by atoms with van der Waals surface area (Å²) in [5.74, 6) is 0.681. The van der Waals surface area contributed by atoms with Gasteiger partial charge in [0.25, 0.3) is 0 Å². The molecule has 3 rings (SSSR count). The molecule has 2 aliphatic rings. The molecule has 1 aromatic rings. The molecule has 2 N–H and O–H groups in total. The molecular formula is C22H34ClN5O2. The molecule has 1 aliphatic heterocycles. The topological polar surface area (TPSA) is 69.2 Å². The number of rotatable bonds is 9. The quantitative estimate of drug-likeness (QED) is 0.351. The largest absolute Gasteiger partial charge is 0.379 e. The highest BCUT2D eigenvalue weighted by Gasteiger charge is 2.44. The minimum atomic E-state index is -0.0135. The summed E-state index contributed by atoms with van der Waals surface area (Å²) < 4.78 is 5.40. The van der Waals surface area contributed by atoms with Crippen LogP contribution in [0, 0.1) is 0 Å². The SMILES string of the molecule is CN(C)C(=O)CN=C(NCCCN1CCOCC1)NCC1(c2cccc(Cl)c2)CC1. The van der Waals surface area contributed by atoms with Gasteiger partial charge in [-0.1, -0.05) is 23.7 Å². The van der Waals surface area contributed by atoms with Gasteiger partial charge in [0.15, 0.2) is 5.96 Å².